The normalized spacial score (nSPS) is 15.6. The third kappa shape index (κ3) is 9.54. The Kier molecular flexibility index (Phi) is 11.9. The SMILES string of the molecule is C/C=N\N1C=CC(Oc2ccc(NC(=N/C=C/CCC)c3c(C)ccc([N+]4=CCN(C(=O)OC(C)(C)C)CC4)c3OC)cc2F)=CC1. The minimum absolute atomic E-state index is 0.108. The number of unbranched alkanes of at least 4 members (excludes halogenated alkanes) is 1. The molecule has 2 aromatic rings. The van der Waals surface area contributed by atoms with E-state index in [1.165, 1.54) is 6.07 Å². The number of carbonyl (C=O) groups excluding carboxylic acids is 1. The van der Waals surface area contributed by atoms with E-state index in [1.54, 1.807) is 53.8 Å². The summed E-state index contributed by atoms with van der Waals surface area (Å²) in [5.74, 6) is 1.24. The Morgan fingerprint density at radius 3 is 2.62 bits per heavy atom. The molecule has 0 aromatic heterocycles. The van der Waals surface area contributed by atoms with Crippen LogP contribution in [0.2, 0.25) is 0 Å². The minimum atomic E-state index is -0.565. The quantitative estimate of drug-likeness (QED) is 0.165. The standard InChI is InChI=1S/C36H46FN6O4/c1-8-10-11-18-38-34(40-27-13-15-31(29(37)25-27)46-28-16-19-43(20-17-28)39-9-2)32-26(3)12-14-30(33(32)45-7)41-21-23-42(24-22-41)35(44)47-36(4,5)6/h9,11-19,21,25H,8,10,20,22-24H2,1-7H3,(H,38,40)/q+1/b18-11+,39-9-. The summed E-state index contributed by atoms with van der Waals surface area (Å²) < 4.78 is 34.8. The second-order valence-electron chi connectivity index (χ2n) is 12.1. The molecule has 0 atom stereocenters. The Morgan fingerprint density at radius 2 is 2.00 bits per heavy atom. The van der Waals surface area contributed by atoms with Crippen molar-refractivity contribution in [1.29, 1.82) is 0 Å². The molecule has 0 fully saturated rings. The molecule has 2 heterocycles. The van der Waals surface area contributed by atoms with Crippen LogP contribution in [0.3, 0.4) is 0 Å². The number of hydrogen-bond donors (Lipinski definition) is 1. The molecule has 0 saturated heterocycles. The van der Waals surface area contributed by atoms with Gasteiger partial charge < -0.3 is 19.5 Å². The number of ether oxygens (including phenoxy) is 3. The van der Waals surface area contributed by atoms with E-state index in [-0.39, 0.29) is 11.8 Å². The molecular weight excluding hydrogens is 599 g/mol. The number of anilines is 1. The van der Waals surface area contributed by atoms with Gasteiger partial charge in [0.2, 0.25) is 11.4 Å². The predicted octanol–water partition coefficient (Wildman–Crippen LogP) is 7.38. The lowest BCUT2D eigenvalue weighted by Crippen LogP contribution is -2.44. The van der Waals surface area contributed by atoms with E-state index >= 15 is 4.39 Å². The average Bonchev–Trinajstić information content (AvgIpc) is 3.04. The number of aliphatic imine (C=N–C) groups is 1. The monoisotopic (exact) mass is 645 g/mol. The van der Waals surface area contributed by atoms with Crippen LogP contribution in [0.15, 0.2) is 76.8 Å². The van der Waals surface area contributed by atoms with E-state index in [2.05, 4.69) is 21.9 Å². The molecule has 2 aromatic carbocycles. The van der Waals surface area contributed by atoms with Crippen LogP contribution in [0.1, 0.15) is 58.6 Å². The minimum Gasteiger partial charge on any atom is -0.490 e. The zero-order valence-electron chi connectivity index (χ0n) is 28.4. The summed E-state index contributed by atoms with van der Waals surface area (Å²) in [6.45, 7) is 13.5. The number of halogens is 1. The summed E-state index contributed by atoms with van der Waals surface area (Å²) in [6.07, 6.45) is 14.3. The van der Waals surface area contributed by atoms with Crippen molar-refractivity contribution in [3.8, 4) is 11.5 Å². The highest BCUT2D eigenvalue weighted by molar-refractivity contribution is 6.12. The van der Waals surface area contributed by atoms with Crippen LogP contribution in [-0.4, -0.2) is 77.7 Å². The van der Waals surface area contributed by atoms with Gasteiger partial charge in [-0.3, -0.25) is 9.91 Å². The number of carbonyl (C=O) groups is 1. The van der Waals surface area contributed by atoms with Gasteiger partial charge in [-0.1, -0.05) is 25.5 Å². The third-order valence-corrected chi connectivity index (χ3v) is 7.22. The molecule has 0 aliphatic carbocycles. The number of hydrazone groups is 1. The van der Waals surface area contributed by atoms with Gasteiger partial charge in [-0.15, -0.1) is 0 Å². The van der Waals surface area contributed by atoms with Crippen molar-refractivity contribution in [2.75, 3.05) is 38.6 Å². The lowest BCUT2D eigenvalue weighted by molar-refractivity contribution is -0.443. The van der Waals surface area contributed by atoms with Crippen molar-refractivity contribution in [2.24, 2.45) is 10.1 Å². The molecule has 0 unspecified atom stereocenters. The van der Waals surface area contributed by atoms with Gasteiger partial charge in [-0.2, -0.15) is 9.68 Å². The number of rotatable bonds is 10. The van der Waals surface area contributed by atoms with Crippen LogP contribution < -0.4 is 14.8 Å². The Bertz CT molecular complexity index is 1620. The van der Waals surface area contributed by atoms with E-state index in [9.17, 15) is 4.79 Å². The second kappa shape index (κ2) is 16.1. The number of amides is 1. The van der Waals surface area contributed by atoms with E-state index in [1.807, 2.05) is 65.1 Å². The van der Waals surface area contributed by atoms with E-state index < -0.39 is 11.4 Å². The fraction of sp³-hybridized carbons (Fsp3) is 0.389. The Hall–Kier alpha value is -4.93. The van der Waals surface area contributed by atoms with Gasteiger partial charge in [-0.25, -0.2) is 14.2 Å². The van der Waals surface area contributed by atoms with Gasteiger partial charge in [0.05, 0.1) is 25.8 Å². The zero-order valence-corrected chi connectivity index (χ0v) is 28.4. The summed E-state index contributed by atoms with van der Waals surface area (Å²) in [5, 5.41) is 9.28. The number of amidine groups is 1. The van der Waals surface area contributed by atoms with E-state index in [0.717, 1.165) is 29.7 Å². The van der Waals surface area contributed by atoms with Gasteiger partial charge in [0.1, 0.15) is 23.7 Å². The smallest absolute Gasteiger partial charge is 0.411 e. The molecule has 0 radical (unpaired) electrons. The molecule has 250 valence electrons. The van der Waals surface area contributed by atoms with Gasteiger partial charge in [0, 0.05) is 36.4 Å². The molecule has 2 aliphatic rings. The average molecular weight is 646 g/mol. The zero-order chi connectivity index (χ0) is 34.0. The second-order valence-corrected chi connectivity index (χ2v) is 12.1. The van der Waals surface area contributed by atoms with E-state index in [4.69, 9.17) is 19.2 Å². The van der Waals surface area contributed by atoms with Gasteiger partial charge in [0.15, 0.2) is 24.3 Å². The number of methoxy groups -OCH3 is 1. The fourth-order valence-corrected chi connectivity index (χ4v) is 4.95. The number of hydrogen-bond acceptors (Lipinski definition) is 7. The predicted molar refractivity (Wildman–Crippen MR) is 186 cm³/mol. The largest absolute Gasteiger partial charge is 0.490 e. The van der Waals surface area contributed by atoms with Crippen molar-refractivity contribution < 1.29 is 28.0 Å². The molecule has 2 aliphatic heterocycles. The maximum atomic E-state index is 15.3. The summed E-state index contributed by atoms with van der Waals surface area (Å²) >= 11 is 0. The van der Waals surface area contributed by atoms with Crippen LogP contribution in [0.25, 0.3) is 0 Å². The molecule has 0 bridgehead atoms. The van der Waals surface area contributed by atoms with Crippen LogP contribution in [0.5, 0.6) is 11.5 Å². The first kappa shape index (κ1) is 34.9. The van der Waals surface area contributed by atoms with Crippen molar-refractivity contribution in [2.45, 2.75) is 60.0 Å². The highest BCUT2D eigenvalue weighted by Gasteiger charge is 2.30. The summed E-state index contributed by atoms with van der Waals surface area (Å²) in [6, 6.07) is 8.73. The van der Waals surface area contributed by atoms with Crippen molar-refractivity contribution in [3.05, 3.63) is 83.7 Å². The topological polar surface area (TPSA) is 91.0 Å². The Labute approximate surface area is 277 Å². The maximum Gasteiger partial charge on any atom is 0.411 e. The lowest BCUT2D eigenvalue weighted by Gasteiger charge is -2.27. The molecule has 0 spiro atoms. The number of allylic oxidation sites excluding steroid dienone is 2. The molecule has 0 saturated carbocycles. The van der Waals surface area contributed by atoms with E-state index in [0.29, 0.717) is 49.2 Å². The number of benzene rings is 2. The number of nitrogens with one attached hydrogen (secondary N) is 1. The molecule has 10 nitrogen and oxygen atoms in total. The molecular formula is C36H46FN6O4+. The van der Waals surface area contributed by atoms with Crippen LogP contribution in [-0.2, 0) is 4.74 Å². The Balaban J connectivity index is 1.62. The third-order valence-electron chi connectivity index (χ3n) is 7.22. The first-order chi connectivity index (χ1) is 22.5. The summed E-state index contributed by atoms with van der Waals surface area (Å²) in [4.78, 5) is 19.1. The fourth-order valence-electron chi connectivity index (χ4n) is 4.95. The van der Waals surface area contributed by atoms with Crippen molar-refractivity contribution in [3.63, 3.8) is 0 Å². The van der Waals surface area contributed by atoms with Crippen molar-refractivity contribution >= 4 is 35.7 Å². The van der Waals surface area contributed by atoms with Gasteiger partial charge in [-0.05, 0) is 70.9 Å². The van der Waals surface area contributed by atoms with Crippen LogP contribution >= 0.6 is 0 Å². The summed E-state index contributed by atoms with van der Waals surface area (Å²) in [7, 11) is 1.62. The molecule has 47 heavy (non-hydrogen) atoms. The number of aryl methyl sites for hydroxylation is 1. The van der Waals surface area contributed by atoms with Crippen LogP contribution in [0.4, 0.5) is 20.6 Å². The first-order valence-corrected chi connectivity index (χ1v) is 15.9. The maximum absolute atomic E-state index is 15.3. The van der Waals surface area contributed by atoms with Crippen molar-refractivity contribution in [1.82, 2.24) is 9.91 Å². The van der Waals surface area contributed by atoms with Gasteiger partial charge >= 0.3 is 6.09 Å². The first-order valence-electron chi connectivity index (χ1n) is 15.9. The molecule has 1 N–H and O–H groups in total. The lowest BCUT2D eigenvalue weighted by atomic mass is 10.0. The van der Waals surface area contributed by atoms with Gasteiger partial charge in [0.25, 0.3) is 0 Å². The highest BCUT2D eigenvalue weighted by atomic mass is 19.1. The molecule has 4 rings (SSSR count). The molecule has 1 amide bonds. The summed E-state index contributed by atoms with van der Waals surface area (Å²) in [5.41, 5.74) is 2.43. The number of nitrogens with zero attached hydrogens (tertiary/aromatic N) is 5. The highest BCUT2D eigenvalue weighted by Crippen LogP contribution is 2.35. The Morgan fingerprint density at radius 1 is 1.19 bits per heavy atom. The van der Waals surface area contributed by atoms with Crippen LogP contribution in [0, 0.1) is 12.7 Å². The molecule has 11 heteroatoms.